The van der Waals surface area contributed by atoms with Gasteiger partial charge in [0.2, 0.25) is 10.0 Å². The van der Waals surface area contributed by atoms with Crippen molar-refractivity contribution < 1.29 is 31.8 Å². The summed E-state index contributed by atoms with van der Waals surface area (Å²) in [5.74, 6) is -1.30. The molecule has 0 spiro atoms. The first-order valence-electron chi connectivity index (χ1n) is 12.5. The molecular weight excluding hydrogens is 528 g/mol. The van der Waals surface area contributed by atoms with Crippen LogP contribution < -0.4 is 10.1 Å². The Bertz CT molecular complexity index is 1440. The van der Waals surface area contributed by atoms with E-state index in [1.165, 1.54) is 52.7 Å². The molecule has 2 N–H and O–H groups in total. The van der Waals surface area contributed by atoms with E-state index < -0.39 is 45.8 Å². The molecule has 0 aromatic heterocycles. The lowest BCUT2D eigenvalue weighted by Crippen LogP contribution is -2.50. The molecular formula is C28H31F2N3O5S. The molecule has 0 unspecified atom stereocenters. The maximum atomic E-state index is 14.1. The topological polar surface area (TPSA) is 99.2 Å². The number of fused-ring (bicyclic) bond motifs is 1. The van der Waals surface area contributed by atoms with Gasteiger partial charge in [-0.2, -0.15) is 4.31 Å². The second kappa shape index (κ2) is 11.7. The van der Waals surface area contributed by atoms with Gasteiger partial charge in [-0.3, -0.25) is 0 Å². The Hall–Kier alpha value is -3.54. The Morgan fingerprint density at radius 2 is 1.79 bits per heavy atom. The monoisotopic (exact) mass is 559 g/mol. The van der Waals surface area contributed by atoms with Crippen molar-refractivity contribution in [1.82, 2.24) is 9.21 Å². The van der Waals surface area contributed by atoms with E-state index in [0.717, 1.165) is 0 Å². The second-order valence-corrected chi connectivity index (χ2v) is 11.6. The SMILES string of the molecule is C[C@@H]1CN([C@@H](C)CO)S(=O)(=O)c2ccc(-c3ccc(F)cc3)cc2O[C@H]1CN(C)C(=O)Nc1ccccc1F. The van der Waals surface area contributed by atoms with Crippen LogP contribution in [0.15, 0.2) is 71.6 Å². The van der Waals surface area contributed by atoms with Crippen LogP contribution >= 0.6 is 0 Å². The largest absolute Gasteiger partial charge is 0.487 e. The van der Waals surface area contributed by atoms with Gasteiger partial charge in [0.1, 0.15) is 28.4 Å². The summed E-state index contributed by atoms with van der Waals surface area (Å²) in [6, 6.07) is 14.9. The van der Waals surface area contributed by atoms with E-state index in [9.17, 15) is 27.1 Å². The van der Waals surface area contributed by atoms with Crippen LogP contribution in [-0.2, 0) is 10.0 Å². The molecule has 8 nitrogen and oxygen atoms in total. The van der Waals surface area contributed by atoms with Crippen LogP contribution in [-0.4, -0.2) is 67.7 Å². The highest BCUT2D eigenvalue weighted by atomic mass is 32.2. The molecule has 1 heterocycles. The smallest absolute Gasteiger partial charge is 0.321 e. The minimum absolute atomic E-state index is 0.0318. The molecule has 0 bridgehead atoms. The van der Waals surface area contributed by atoms with Crippen molar-refractivity contribution in [2.75, 3.05) is 32.1 Å². The Kier molecular flexibility index (Phi) is 8.53. The normalized spacial score (nSPS) is 19.6. The number of urea groups is 1. The van der Waals surface area contributed by atoms with Gasteiger partial charge in [-0.1, -0.05) is 37.3 Å². The quantitative estimate of drug-likeness (QED) is 0.461. The number of para-hydroxylation sites is 1. The lowest BCUT2D eigenvalue weighted by Gasteiger charge is -2.37. The Labute approximate surface area is 226 Å². The van der Waals surface area contributed by atoms with Crippen molar-refractivity contribution in [3.8, 4) is 16.9 Å². The van der Waals surface area contributed by atoms with E-state index in [2.05, 4.69) is 5.32 Å². The number of benzene rings is 3. The zero-order valence-corrected chi connectivity index (χ0v) is 22.7. The highest BCUT2D eigenvalue weighted by molar-refractivity contribution is 7.89. The molecule has 3 atom stereocenters. The Morgan fingerprint density at radius 1 is 1.13 bits per heavy atom. The Balaban J connectivity index is 1.69. The third kappa shape index (κ3) is 6.21. The van der Waals surface area contributed by atoms with Gasteiger partial charge in [0.05, 0.1) is 18.8 Å². The number of aliphatic hydroxyl groups excluding tert-OH is 1. The summed E-state index contributed by atoms with van der Waals surface area (Å²) in [5, 5.41) is 12.4. The molecule has 0 saturated carbocycles. The number of aliphatic hydroxyl groups is 1. The van der Waals surface area contributed by atoms with Crippen molar-refractivity contribution in [2.24, 2.45) is 5.92 Å². The molecule has 4 rings (SSSR count). The van der Waals surface area contributed by atoms with Gasteiger partial charge in [0.15, 0.2) is 0 Å². The minimum Gasteiger partial charge on any atom is -0.487 e. The number of carbonyl (C=O) groups excluding carboxylic acids is 1. The number of halogens is 2. The molecule has 0 aliphatic carbocycles. The number of rotatable bonds is 6. The molecule has 39 heavy (non-hydrogen) atoms. The van der Waals surface area contributed by atoms with Crippen LogP contribution in [0.2, 0.25) is 0 Å². The fraction of sp³-hybridized carbons (Fsp3) is 0.321. The van der Waals surface area contributed by atoms with E-state index in [4.69, 9.17) is 4.74 Å². The summed E-state index contributed by atoms with van der Waals surface area (Å²) < 4.78 is 62.4. The van der Waals surface area contributed by atoms with Crippen LogP contribution in [0.3, 0.4) is 0 Å². The summed E-state index contributed by atoms with van der Waals surface area (Å²) in [6.45, 7) is 3.13. The van der Waals surface area contributed by atoms with E-state index in [-0.39, 0.29) is 36.0 Å². The van der Waals surface area contributed by atoms with Gasteiger partial charge in [-0.15, -0.1) is 0 Å². The summed E-state index contributed by atoms with van der Waals surface area (Å²) in [5.41, 5.74) is 1.31. The van der Waals surface area contributed by atoms with Crippen molar-refractivity contribution in [3.63, 3.8) is 0 Å². The van der Waals surface area contributed by atoms with Crippen LogP contribution in [0, 0.1) is 17.6 Å². The molecule has 0 radical (unpaired) electrons. The zero-order valence-electron chi connectivity index (χ0n) is 21.8. The van der Waals surface area contributed by atoms with E-state index >= 15 is 0 Å². The molecule has 0 fully saturated rings. The molecule has 11 heteroatoms. The fourth-order valence-electron chi connectivity index (χ4n) is 4.39. The zero-order chi connectivity index (χ0) is 28.3. The average Bonchev–Trinajstić information content (AvgIpc) is 2.91. The minimum atomic E-state index is -4.05. The number of hydrogen-bond acceptors (Lipinski definition) is 5. The van der Waals surface area contributed by atoms with Crippen molar-refractivity contribution >= 4 is 21.7 Å². The third-order valence-corrected chi connectivity index (χ3v) is 8.78. The maximum absolute atomic E-state index is 14.1. The summed E-state index contributed by atoms with van der Waals surface area (Å²) in [4.78, 5) is 14.1. The van der Waals surface area contributed by atoms with Gasteiger partial charge in [-0.05, 0) is 54.4 Å². The summed E-state index contributed by atoms with van der Waals surface area (Å²) in [6.07, 6.45) is -0.660. The summed E-state index contributed by atoms with van der Waals surface area (Å²) in [7, 11) is -2.52. The molecule has 2 amide bonds. The van der Waals surface area contributed by atoms with Gasteiger partial charge in [-0.25, -0.2) is 22.0 Å². The third-order valence-electron chi connectivity index (χ3n) is 6.76. The lowest BCUT2D eigenvalue weighted by atomic mass is 10.0. The van der Waals surface area contributed by atoms with Crippen molar-refractivity contribution in [1.29, 1.82) is 0 Å². The first-order valence-corrected chi connectivity index (χ1v) is 13.9. The van der Waals surface area contributed by atoms with E-state index in [1.807, 2.05) is 0 Å². The maximum Gasteiger partial charge on any atom is 0.321 e. The number of nitrogens with one attached hydrogen (secondary N) is 1. The van der Waals surface area contributed by atoms with E-state index in [0.29, 0.717) is 11.1 Å². The number of carbonyl (C=O) groups is 1. The van der Waals surface area contributed by atoms with Crippen LogP contribution in [0.5, 0.6) is 5.75 Å². The van der Waals surface area contributed by atoms with E-state index in [1.54, 1.807) is 44.2 Å². The molecule has 1 aliphatic heterocycles. The van der Waals surface area contributed by atoms with Crippen LogP contribution in [0.4, 0.5) is 19.3 Å². The number of nitrogens with zero attached hydrogens (tertiary/aromatic N) is 2. The number of anilines is 1. The first-order chi connectivity index (χ1) is 18.5. The van der Waals surface area contributed by atoms with Crippen molar-refractivity contribution in [3.05, 3.63) is 78.4 Å². The standard InChI is InChI=1S/C28H31F2N3O5S/c1-18-15-33(19(2)17-34)39(36,37)27-13-10-21(20-8-11-22(29)12-9-20)14-25(27)38-26(18)16-32(3)28(35)31-24-7-5-4-6-23(24)30/h4-14,18-19,26,34H,15-17H2,1-3H3,(H,31,35)/t18-,19+,26+/m1/s1. The number of ether oxygens (including phenoxy) is 1. The van der Waals surface area contributed by atoms with Crippen LogP contribution in [0.1, 0.15) is 13.8 Å². The molecule has 3 aromatic carbocycles. The lowest BCUT2D eigenvalue weighted by molar-refractivity contribution is 0.0830. The second-order valence-electron chi connectivity index (χ2n) is 9.70. The predicted molar refractivity (Wildman–Crippen MR) is 144 cm³/mol. The number of likely N-dealkylation sites (N-methyl/N-ethyl adjacent to an activating group) is 1. The highest BCUT2D eigenvalue weighted by Gasteiger charge is 2.38. The Morgan fingerprint density at radius 3 is 2.46 bits per heavy atom. The van der Waals surface area contributed by atoms with Crippen LogP contribution in [0.25, 0.3) is 11.1 Å². The van der Waals surface area contributed by atoms with Gasteiger partial charge < -0.3 is 20.1 Å². The van der Waals surface area contributed by atoms with Crippen molar-refractivity contribution in [2.45, 2.75) is 30.9 Å². The molecule has 0 saturated heterocycles. The van der Waals surface area contributed by atoms with Gasteiger partial charge in [0.25, 0.3) is 0 Å². The van der Waals surface area contributed by atoms with Gasteiger partial charge >= 0.3 is 6.03 Å². The van der Waals surface area contributed by atoms with Gasteiger partial charge in [0, 0.05) is 25.6 Å². The highest BCUT2D eigenvalue weighted by Crippen LogP contribution is 2.36. The average molecular weight is 560 g/mol. The number of hydrogen-bond donors (Lipinski definition) is 2. The molecule has 1 aliphatic rings. The number of sulfonamides is 1. The number of amides is 2. The summed E-state index contributed by atoms with van der Waals surface area (Å²) >= 11 is 0. The predicted octanol–water partition coefficient (Wildman–Crippen LogP) is 4.56. The first kappa shape index (κ1) is 28.5. The molecule has 208 valence electrons. The fourth-order valence-corrected chi connectivity index (χ4v) is 6.22. The molecule has 3 aromatic rings.